The molecule has 1 nitrogen and oxygen atoms in total. The molecule has 0 aliphatic rings. The highest BCUT2D eigenvalue weighted by atomic mass is 32.2. The summed E-state index contributed by atoms with van der Waals surface area (Å²) < 4.78 is 6.93. The molecule has 1 aromatic carbocycles. The average Bonchev–Trinajstić information content (AvgIpc) is 2.28. The molecule has 0 heterocycles. The zero-order valence-corrected chi connectivity index (χ0v) is 10.1. The summed E-state index contributed by atoms with van der Waals surface area (Å²) in [6.07, 6.45) is 0. The fraction of sp³-hybridized carbons (Fsp3) is 0.300. The molecule has 14 heavy (non-hydrogen) atoms. The van der Waals surface area contributed by atoms with Crippen LogP contribution in [0.3, 0.4) is 0 Å². The molecule has 1 radical (unpaired) electrons. The Labute approximate surface area is 98.4 Å². The minimum atomic E-state index is 0.846. The number of thioether (sulfide) groups is 1. The summed E-state index contributed by atoms with van der Waals surface area (Å²) in [5.74, 6) is 0.945. The van der Waals surface area contributed by atoms with E-state index >= 15 is 0 Å². The molecule has 1 rings (SSSR count). The van der Waals surface area contributed by atoms with Gasteiger partial charge in [0.25, 0.3) is 0 Å². The fourth-order valence-corrected chi connectivity index (χ4v) is 1.61. The minimum absolute atomic E-state index is 0.846. The highest BCUT2D eigenvalue weighted by Gasteiger charge is 1.94. The first-order valence-corrected chi connectivity index (χ1v) is 5.68. The van der Waals surface area contributed by atoms with Crippen molar-refractivity contribution in [2.75, 3.05) is 7.05 Å². The van der Waals surface area contributed by atoms with Gasteiger partial charge in [-0.15, -0.1) is 0 Å². The summed E-state index contributed by atoms with van der Waals surface area (Å²) in [5, 5.41) is 2.93. The Morgan fingerprint density at radius 1 is 1.57 bits per heavy atom. The van der Waals surface area contributed by atoms with E-state index in [-0.39, 0.29) is 0 Å². The quantitative estimate of drug-likeness (QED) is 0.613. The van der Waals surface area contributed by atoms with Gasteiger partial charge >= 0.3 is 0 Å². The average molecular weight is 225 g/mol. The maximum absolute atomic E-state index is 6.08. The third kappa shape index (κ3) is 6.05. The van der Waals surface area contributed by atoms with Crippen LogP contribution in [-0.2, 0) is 5.75 Å². The molecule has 1 aromatic rings. The summed E-state index contributed by atoms with van der Waals surface area (Å²) in [6, 6.07) is 10.3. The first-order chi connectivity index (χ1) is 7.24. The van der Waals surface area contributed by atoms with Gasteiger partial charge in [0.1, 0.15) is 4.32 Å². The van der Waals surface area contributed by atoms with Gasteiger partial charge in [0.2, 0.25) is 0 Å². The smallest absolute Gasteiger partial charge is 0.133 e. The van der Waals surface area contributed by atoms with Crippen LogP contribution in [0.4, 0.5) is 0 Å². The van der Waals surface area contributed by atoms with Gasteiger partial charge < -0.3 is 5.32 Å². The van der Waals surface area contributed by atoms with Gasteiger partial charge in [0.15, 0.2) is 0 Å². The van der Waals surface area contributed by atoms with Gasteiger partial charge in [0.05, 0.1) is 7.81 Å². The standard InChI is InChI=1S/C9H11NS2.CH4B/c1-10-9(11)12-7-8-5-3-2-4-6-8;1-2/h2-6H,7H2,1H3,(H,10,11);2H,1H3/i;2D. The lowest BCUT2D eigenvalue weighted by Crippen LogP contribution is -2.10. The van der Waals surface area contributed by atoms with Crippen molar-refractivity contribution in [2.45, 2.75) is 12.6 Å². The van der Waals surface area contributed by atoms with Gasteiger partial charge in [-0.25, -0.2) is 0 Å². The van der Waals surface area contributed by atoms with Gasteiger partial charge in [-0.1, -0.05) is 61.1 Å². The van der Waals surface area contributed by atoms with E-state index in [4.69, 9.17) is 13.6 Å². The summed E-state index contributed by atoms with van der Waals surface area (Å²) in [5.41, 5.74) is 1.31. The first-order valence-electron chi connectivity index (χ1n) is 4.87. The maximum atomic E-state index is 6.08. The van der Waals surface area contributed by atoms with E-state index in [1.54, 1.807) is 18.6 Å². The lowest BCUT2D eigenvalue weighted by atomic mass is 10.2. The SMILES string of the molecule is CNC(=S)SCc1ccccc1.[2H][B]C. The van der Waals surface area contributed by atoms with Crippen LogP contribution < -0.4 is 5.32 Å². The summed E-state index contributed by atoms with van der Waals surface area (Å²) in [4.78, 5) is 0. The molecule has 0 aliphatic heterocycles. The maximum Gasteiger partial charge on any atom is 0.133 e. The monoisotopic (exact) mass is 225 g/mol. The van der Waals surface area contributed by atoms with E-state index in [0.717, 1.165) is 10.1 Å². The molecule has 0 saturated heterocycles. The molecule has 75 valence electrons. The second-order valence-corrected chi connectivity index (χ2v) is 3.96. The van der Waals surface area contributed by atoms with Gasteiger partial charge in [0, 0.05) is 12.8 Å². The predicted octanol–water partition coefficient (Wildman–Crippen LogP) is 2.36. The summed E-state index contributed by atoms with van der Waals surface area (Å²) in [7, 11) is 3.10. The predicted molar refractivity (Wildman–Crippen MR) is 72.4 cm³/mol. The Balaban J connectivity index is 0.000000583. The number of hydrogen-bond donors (Lipinski definition) is 1. The topological polar surface area (TPSA) is 12.0 Å². The molecule has 0 bridgehead atoms. The highest BCUT2D eigenvalue weighted by Crippen LogP contribution is 2.11. The summed E-state index contributed by atoms with van der Waals surface area (Å²) >= 11 is 6.66. The van der Waals surface area contributed by atoms with Crippen LogP contribution in [0.15, 0.2) is 30.3 Å². The fourth-order valence-electron chi connectivity index (χ4n) is 0.795. The number of nitrogens with one attached hydrogen (secondary N) is 1. The molecule has 0 spiro atoms. The molecular weight excluding hydrogens is 209 g/mol. The largest absolute Gasteiger partial charge is 0.374 e. The van der Waals surface area contributed by atoms with Crippen molar-refractivity contribution in [3.05, 3.63) is 35.9 Å². The minimum Gasteiger partial charge on any atom is -0.374 e. The number of benzene rings is 1. The Bertz CT molecular complexity index is 269. The second kappa shape index (κ2) is 9.09. The molecule has 0 unspecified atom stereocenters. The number of hydrogen-bond acceptors (Lipinski definition) is 2. The van der Waals surface area contributed by atoms with E-state index in [1.165, 1.54) is 13.4 Å². The zero-order valence-electron chi connectivity index (χ0n) is 9.49. The van der Waals surface area contributed by atoms with Crippen molar-refractivity contribution >= 4 is 36.1 Å². The summed E-state index contributed by atoms with van der Waals surface area (Å²) in [6.45, 7) is 1.67. The van der Waals surface area contributed by atoms with Crippen LogP contribution in [0.1, 0.15) is 5.56 Å². The van der Waals surface area contributed by atoms with Crippen LogP contribution in [0.25, 0.3) is 0 Å². The van der Waals surface area contributed by atoms with Crippen LogP contribution in [0.5, 0.6) is 0 Å². The van der Waals surface area contributed by atoms with Crippen LogP contribution >= 0.6 is 24.0 Å². The van der Waals surface area contributed by atoms with Crippen molar-refractivity contribution in [1.82, 2.24) is 5.32 Å². The first kappa shape index (κ1) is 11.6. The van der Waals surface area contributed by atoms with Gasteiger partial charge in [-0.3, -0.25) is 0 Å². The van der Waals surface area contributed by atoms with E-state index in [0.29, 0.717) is 0 Å². The molecule has 4 heteroatoms. The molecule has 0 atom stereocenters. The van der Waals surface area contributed by atoms with Crippen molar-refractivity contribution in [3.63, 3.8) is 0 Å². The van der Waals surface area contributed by atoms with Crippen molar-refractivity contribution in [2.24, 2.45) is 0 Å². The molecule has 0 amide bonds. The van der Waals surface area contributed by atoms with Crippen LogP contribution in [0.2, 0.25) is 6.82 Å². The van der Waals surface area contributed by atoms with Gasteiger partial charge in [-0.2, -0.15) is 0 Å². The second-order valence-electron chi connectivity index (χ2n) is 2.31. The zero-order chi connectivity index (χ0) is 11.5. The Kier molecular flexibility index (Phi) is 7.53. The third-order valence-electron chi connectivity index (χ3n) is 1.42. The number of rotatable bonds is 2. The third-order valence-corrected chi connectivity index (χ3v) is 2.92. The van der Waals surface area contributed by atoms with Crippen LogP contribution in [-0.4, -0.2) is 20.5 Å². The Morgan fingerprint density at radius 2 is 2.14 bits per heavy atom. The lowest BCUT2D eigenvalue weighted by molar-refractivity contribution is 1.23. The molecule has 0 aromatic heterocycles. The highest BCUT2D eigenvalue weighted by molar-refractivity contribution is 8.22. The van der Waals surface area contributed by atoms with Crippen molar-refractivity contribution in [3.8, 4) is 0 Å². The van der Waals surface area contributed by atoms with Gasteiger partial charge in [-0.05, 0) is 6.90 Å². The van der Waals surface area contributed by atoms with E-state index in [9.17, 15) is 0 Å². The van der Waals surface area contributed by atoms with Crippen molar-refractivity contribution in [1.29, 1.82) is 1.34 Å². The van der Waals surface area contributed by atoms with Crippen molar-refractivity contribution < 1.29 is 0 Å². The normalized spacial score (nSPS) is 9.14. The molecule has 1 N–H and O–H groups in total. The van der Waals surface area contributed by atoms with E-state index in [1.807, 2.05) is 25.2 Å². The molecule has 0 saturated carbocycles. The molecule has 0 aliphatic carbocycles. The Hall–Kier alpha value is -0.475. The van der Waals surface area contributed by atoms with Crippen LogP contribution in [0, 0.1) is 0 Å². The molecular formula is C10H15BNS2. The number of thiocarbonyl (C=S) groups is 1. The lowest BCUT2D eigenvalue weighted by Gasteiger charge is -2.01. The Morgan fingerprint density at radius 3 is 2.64 bits per heavy atom. The molecule has 0 fully saturated rings. The van der Waals surface area contributed by atoms with E-state index < -0.39 is 0 Å². The van der Waals surface area contributed by atoms with E-state index in [2.05, 4.69) is 17.4 Å².